The van der Waals surface area contributed by atoms with E-state index in [2.05, 4.69) is 55.3 Å². The van der Waals surface area contributed by atoms with Gasteiger partial charge in [0.05, 0.1) is 17.1 Å². The first-order valence-corrected chi connectivity index (χ1v) is 13.3. The molecule has 0 spiro atoms. The molecule has 194 valence electrons. The van der Waals surface area contributed by atoms with Crippen LogP contribution in [0.5, 0.6) is 0 Å². The fourth-order valence-electron chi connectivity index (χ4n) is 4.69. The third kappa shape index (κ3) is 6.45. The van der Waals surface area contributed by atoms with Crippen molar-refractivity contribution in [2.45, 2.75) is 19.4 Å². The molecule has 1 fully saturated rings. The molecular weight excluding hydrogens is 492 g/mol. The summed E-state index contributed by atoms with van der Waals surface area (Å²) in [5.41, 5.74) is 6.14. The first-order chi connectivity index (χ1) is 18.7. The second kappa shape index (κ2) is 12.5. The van der Waals surface area contributed by atoms with E-state index in [9.17, 15) is 5.11 Å². The van der Waals surface area contributed by atoms with Crippen LogP contribution in [0.3, 0.4) is 0 Å². The van der Waals surface area contributed by atoms with Gasteiger partial charge in [0.25, 0.3) is 0 Å². The molecule has 1 aliphatic rings. The summed E-state index contributed by atoms with van der Waals surface area (Å²) >= 11 is 5.56. The number of hydrogen-bond acceptors (Lipinski definition) is 6. The van der Waals surface area contributed by atoms with Crippen molar-refractivity contribution >= 4 is 40.2 Å². The lowest BCUT2D eigenvalue weighted by atomic mass is 9.97. The predicted molar refractivity (Wildman–Crippen MR) is 160 cm³/mol. The Balaban J connectivity index is 1.21. The highest BCUT2D eigenvalue weighted by Gasteiger charge is 2.20. The summed E-state index contributed by atoms with van der Waals surface area (Å²) in [6, 6.07) is 30.3. The molecule has 1 aromatic heterocycles. The van der Waals surface area contributed by atoms with Crippen LogP contribution in [0.2, 0.25) is 0 Å². The van der Waals surface area contributed by atoms with Gasteiger partial charge in [-0.15, -0.1) is 10.2 Å². The highest BCUT2D eigenvalue weighted by Crippen LogP contribution is 2.28. The van der Waals surface area contributed by atoms with Gasteiger partial charge in [-0.1, -0.05) is 60.7 Å². The lowest BCUT2D eigenvalue weighted by Gasteiger charge is -2.34. The quantitative estimate of drug-likeness (QED) is 0.216. The number of nitrogens with zero attached hydrogens (tertiary/aromatic N) is 3. The summed E-state index contributed by atoms with van der Waals surface area (Å²) in [5, 5.41) is 28.5. The van der Waals surface area contributed by atoms with Gasteiger partial charge in [-0.05, 0) is 66.9 Å². The molecule has 38 heavy (non-hydrogen) atoms. The van der Waals surface area contributed by atoms with Crippen molar-refractivity contribution in [3.05, 3.63) is 96.6 Å². The number of thiocarbonyl (C=S) groups is 1. The van der Waals surface area contributed by atoms with E-state index in [1.54, 1.807) is 0 Å². The molecule has 4 aromatic rings. The molecule has 0 amide bonds. The Kier molecular flexibility index (Phi) is 8.42. The van der Waals surface area contributed by atoms with E-state index in [4.69, 9.17) is 12.2 Å². The average molecular weight is 525 g/mol. The molecule has 1 saturated heterocycles. The molecule has 5 rings (SSSR count). The number of rotatable bonds is 8. The van der Waals surface area contributed by atoms with Crippen LogP contribution in [0.15, 0.2) is 91.0 Å². The summed E-state index contributed by atoms with van der Waals surface area (Å²) in [6.45, 7) is 2.90. The Morgan fingerprint density at radius 2 is 1.53 bits per heavy atom. The zero-order chi connectivity index (χ0) is 26.2. The molecule has 0 atom stereocenters. The van der Waals surface area contributed by atoms with E-state index in [-0.39, 0.29) is 6.61 Å². The fourth-order valence-corrected chi connectivity index (χ4v) is 4.91. The predicted octanol–water partition coefficient (Wildman–Crippen LogP) is 5.77. The number of nitrogens with one attached hydrogen (secondary N) is 3. The number of aliphatic hydroxyl groups is 1. The summed E-state index contributed by atoms with van der Waals surface area (Å²) in [4.78, 5) is 2.43. The van der Waals surface area contributed by atoms with Crippen LogP contribution in [0, 0.1) is 5.92 Å². The van der Waals surface area contributed by atoms with Crippen molar-refractivity contribution in [3.63, 3.8) is 0 Å². The lowest BCUT2D eigenvalue weighted by molar-refractivity contribution is 0.203. The van der Waals surface area contributed by atoms with Crippen LogP contribution in [-0.4, -0.2) is 40.1 Å². The van der Waals surface area contributed by atoms with Crippen LogP contribution in [-0.2, 0) is 6.54 Å². The number of aromatic nitrogens is 2. The molecule has 4 N–H and O–H groups in total. The SMILES string of the molecule is OCC1CCN(c2ccccc2CNc2ccccc2NC(=S)Nc2ccc(-c3ccccc3)nn2)CC1. The molecule has 0 unspecified atom stereocenters. The molecule has 0 radical (unpaired) electrons. The maximum absolute atomic E-state index is 9.48. The first kappa shape index (κ1) is 25.6. The zero-order valence-corrected chi connectivity index (χ0v) is 22.0. The Morgan fingerprint density at radius 3 is 2.26 bits per heavy atom. The number of piperidine rings is 1. The monoisotopic (exact) mass is 524 g/mol. The molecule has 0 aliphatic carbocycles. The average Bonchev–Trinajstić information content (AvgIpc) is 2.98. The minimum absolute atomic E-state index is 0.281. The van der Waals surface area contributed by atoms with Gasteiger partial charge in [-0.3, -0.25) is 0 Å². The summed E-state index contributed by atoms with van der Waals surface area (Å²) < 4.78 is 0. The number of hydrogen-bond donors (Lipinski definition) is 4. The topological polar surface area (TPSA) is 85.3 Å². The van der Waals surface area contributed by atoms with Gasteiger partial charge in [-0.2, -0.15) is 0 Å². The number of anilines is 4. The lowest BCUT2D eigenvalue weighted by Crippen LogP contribution is -2.35. The second-order valence-corrected chi connectivity index (χ2v) is 9.80. The minimum atomic E-state index is 0.281. The van der Waals surface area contributed by atoms with Gasteiger partial charge < -0.3 is 26.0 Å². The van der Waals surface area contributed by atoms with Crippen LogP contribution in [0.25, 0.3) is 11.3 Å². The van der Waals surface area contributed by atoms with Gasteiger partial charge in [-0.25, -0.2) is 0 Å². The Hall–Kier alpha value is -4.01. The van der Waals surface area contributed by atoms with E-state index < -0.39 is 0 Å². The Morgan fingerprint density at radius 1 is 0.816 bits per heavy atom. The maximum atomic E-state index is 9.48. The zero-order valence-electron chi connectivity index (χ0n) is 21.2. The molecule has 0 saturated carbocycles. The van der Waals surface area contributed by atoms with E-state index in [1.165, 1.54) is 11.3 Å². The second-order valence-electron chi connectivity index (χ2n) is 9.39. The summed E-state index contributed by atoms with van der Waals surface area (Å²) in [5.74, 6) is 0.992. The van der Waals surface area contributed by atoms with Crippen molar-refractivity contribution in [1.82, 2.24) is 10.2 Å². The standard InChI is InChI=1S/C30H32N6OS/c37-21-22-16-18-36(19-17-22)28-13-7-4-10-24(28)20-31-26-11-5-6-12-27(26)32-30(38)33-29-15-14-25(34-35-29)23-8-2-1-3-9-23/h1-15,22,31,37H,16-21H2,(H2,32,33,35,38). The molecule has 8 heteroatoms. The Labute approximate surface area is 228 Å². The highest BCUT2D eigenvalue weighted by molar-refractivity contribution is 7.80. The van der Waals surface area contributed by atoms with Crippen LogP contribution in [0.4, 0.5) is 22.9 Å². The van der Waals surface area contributed by atoms with E-state index in [0.29, 0.717) is 23.4 Å². The minimum Gasteiger partial charge on any atom is -0.396 e. The van der Waals surface area contributed by atoms with E-state index in [0.717, 1.165) is 48.6 Å². The van der Waals surface area contributed by atoms with Gasteiger partial charge in [0.15, 0.2) is 10.9 Å². The summed E-state index contributed by atoms with van der Waals surface area (Å²) in [7, 11) is 0. The fraction of sp³-hybridized carbons (Fsp3) is 0.233. The molecule has 2 heterocycles. The molecule has 0 bridgehead atoms. The molecule has 3 aromatic carbocycles. The van der Waals surface area contributed by atoms with Gasteiger partial charge in [0.2, 0.25) is 0 Å². The van der Waals surface area contributed by atoms with E-state index in [1.807, 2.05) is 66.7 Å². The highest BCUT2D eigenvalue weighted by atomic mass is 32.1. The number of benzene rings is 3. The van der Waals surface area contributed by atoms with Crippen molar-refractivity contribution in [2.24, 2.45) is 5.92 Å². The van der Waals surface area contributed by atoms with Crippen LogP contribution >= 0.6 is 12.2 Å². The first-order valence-electron chi connectivity index (χ1n) is 12.9. The molecule has 1 aliphatic heterocycles. The number of aliphatic hydroxyl groups excluding tert-OH is 1. The van der Waals surface area contributed by atoms with Crippen LogP contribution < -0.4 is 20.9 Å². The van der Waals surface area contributed by atoms with Crippen molar-refractivity contribution < 1.29 is 5.11 Å². The largest absolute Gasteiger partial charge is 0.396 e. The van der Waals surface area contributed by atoms with Crippen LogP contribution in [0.1, 0.15) is 18.4 Å². The van der Waals surface area contributed by atoms with Crippen molar-refractivity contribution in [3.8, 4) is 11.3 Å². The van der Waals surface area contributed by atoms with Gasteiger partial charge >= 0.3 is 0 Å². The molecular formula is C30H32N6OS. The third-order valence-electron chi connectivity index (χ3n) is 6.83. The Bertz CT molecular complexity index is 1340. The number of para-hydroxylation sites is 3. The van der Waals surface area contributed by atoms with Gasteiger partial charge in [0.1, 0.15) is 0 Å². The van der Waals surface area contributed by atoms with Gasteiger partial charge in [0, 0.05) is 37.5 Å². The smallest absolute Gasteiger partial charge is 0.176 e. The van der Waals surface area contributed by atoms with Crippen molar-refractivity contribution in [1.29, 1.82) is 0 Å². The van der Waals surface area contributed by atoms with Crippen molar-refractivity contribution in [2.75, 3.05) is 40.5 Å². The normalized spacial score (nSPS) is 13.7. The van der Waals surface area contributed by atoms with E-state index >= 15 is 0 Å². The molecule has 7 nitrogen and oxygen atoms in total. The summed E-state index contributed by atoms with van der Waals surface area (Å²) in [6.07, 6.45) is 2.05. The third-order valence-corrected chi connectivity index (χ3v) is 7.03. The maximum Gasteiger partial charge on any atom is 0.176 e.